The molecule has 0 radical (unpaired) electrons. The third-order valence-electron chi connectivity index (χ3n) is 2.60. The number of nitrogens with one attached hydrogen (secondary N) is 2. The maximum absolute atomic E-state index is 11.1. The number of imidazole rings is 1. The number of ether oxygens (including phenoxy) is 1. The van der Waals surface area contributed by atoms with Gasteiger partial charge < -0.3 is 9.72 Å². The second-order valence-electron chi connectivity index (χ2n) is 4.06. The number of rotatable bonds is 2. The number of aryl methyl sites for hydroxylation is 1. The molecule has 3 aromatic rings. The fraction of sp³-hybridized carbons (Fsp3) is 0.0769. The van der Waals surface area contributed by atoms with Crippen molar-refractivity contribution < 1.29 is 4.74 Å². The molecule has 5 heteroatoms. The SMILES string of the molecule is Cc1ccc(Oc2cnc3[nH]c(=O)[nH]c3c2)cc1. The Kier molecular flexibility index (Phi) is 2.37. The number of aromatic nitrogens is 3. The highest BCUT2D eigenvalue weighted by Crippen LogP contribution is 2.22. The lowest BCUT2D eigenvalue weighted by molar-refractivity contribution is 0.481. The quantitative estimate of drug-likeness (QED) is 0.723. The Morgan fingerprint density at radius 1 is 1.11 bits per heavy atom. The smallest absolute Gasteiger partial charge is 0.325 e. The van der Waals surface area contributed by atoms with Crippen LogP contribution in [-0.2, 0) is 0 Å². The lowest BCUT2D eigenvalue weighted by Crippen LogP contribution is -1.99. The summed E-state index contributed by atoms with van der Waals surface area (Å²) in [4.78, 5) is 20.4. The minimum atomic E-state index is -0.273. The molecule has 2 aromatic heterocycles. The van der Waals surface area contributed by atoms with Crippen LogP contribution in [0, 0.1) is 6.92 Å². The fourth-order valence-electron chi connectivity index (χ4n) is 1.70. The van der Waals surface area contributed by atoms with E-state index in [0.717, 1.165) is 5.75 Å². The van der Waals surface area contributed by atoms with Gasteiger partial charge in [0.1, 0.15) is 11.5 Å². The Morgan fingerprint density at radius 3 is 2.67 bits per heavy atom. The predicted octanol–water partition coefficient (Wildman–Crippen LogP) is 2.35. The molecule has 0 unspecified atom stereocenters. The number of nitrogens with zero attached hydrogens (tertiary/aromatic N) is 1. The number of H-pyrrole nitrogens is 2. The largest absolute Gasteiger partial charge is 0.456 e. The van der Waals surface area contributed by atoms with Gasteiger partial charge in [0, 0.05) is 6.07 Å². The normalized spacial score (nSPS) is 10.7. The average molecular weight is 241 g/mol. The van der Waals surface area contributed by atoms with E-state index < -0.39 is 0 Å². The van der Waals surface area contributed by atoms with Gasteiger partial charge in [-0.2, -0.15) is 0 Å². The van der Waals surface area contributed by atoms with Gasteiger partial charge in [-0.05, 0) is 19.1 Å². The molecule has 0 saturated carbocycles. The van der Waals surface area contributed by atoms with Crippen molar-refractivity contribution in [1.82, 2.24) is 15.0 Å². The maximum Gasteiger partial charge on any atom is 0.325 e. The first-order valence-electron chi connectivity index (χ1n) is 5.53. The van der Waals surface area contributed by atoms with Crippen LogP contribution in [0.3, 0.4) is 0 Å². The van der Waals surface area contributed by atoms with Crippen molar-refractivity contribution in [3.63, 3.8) is 0 Å². The maximum atomic E-state index is 11.1. The number of hydrogen-bond donors (Lipinski definition) is 2. The first-order valence-corrected chi connectivity index (χ1v) is 5.53. The summed E-state index contributed by atoms with van der Waals surface area (Å²) >= 11 is 0. The van der Waals surface area contributed by atoms with Gasteiger partial charge in [-0.25, -0.2) is 9.78 Å². The molecular formula is C13H11N3O2. The Hall–Kier alpha value is -2.56. The van der Waals surface area contributed by atoms with E-state index in [4.69, 9.17) is 4.74 Å². The standard InChI is InChI=1S/C13H11N3O2/c1-8-2-4-9(5-3-8)18-10-6-11-12(14-7-10)16-13(17)15-11/h2-7H,1H3,(H2,14,15,16,17). The summed E-state index contributed by atoms with van der Waals surface area (Å²) in [6.45, 7) is 2.02. The summed E-state index contributed by atoms with van der Waals surface area (Å²) in [5.74, 6) is 1.32. The molecule has 18 heavy (non-hydrogen) atoms. The zero-order valence-electron chi connectivity index (χ0n) is 9.73. The predicted molar refractivity (Wildman–Crippen MR) is 68.0 cm³/mol. The molecule has 90 valence electrons. The monoisotopic (exact) mass is 241 g/mol. The number of benzene rings is 1. The van der Waals surface area contributed by atoms with Crippen LogP contribution in [0.4, 0.5) is 0 Å². The zero-order valence-corrected chi connectivity index (χ0v) is 9.73. The summed E-state index contributed by atoms with van der Waals surface area (Å²) in [7, 11) is 0. The minimum absolute atomic E-state index is 0.273. The van der Waals surface area contributed by atoms with Crippen LogP contribution in [0.2, 0.25) is 0 Å². The van der Waals surface area contributed by atoms with E-state index in [9.17, 15) is 4.79 Å². The van der Waals surface area contributed by atoms with E-state index in [1.807, 2.05) is 31.2 Å². The summed E-state index contributed by atoms with van der Waals surface area (Å²) in [5.41, 5.74) is 2.05. The molecule has 2 N–H and O–H groups in total. The fourth-order valence-corrected chi connectivity index (χ4v) is 1.70. The molecule has 1 aromatic carbocycles. The van der Waals surface area contributed by atoms with Crippen LogP contribution in [0.1, 0.15) is 5.56 Å². The second-order valence-corrected chi connectivity index (χ2v) is 4.06. The van der Waals surface area contributed by atoms with Crippen molar-refractivity contribution in [1.29, 1.82) is 0 Å². The highest BCUT2D eigenvalue weighted by molar-refractivity contribution is 5.71. The van der Waals surface area contributed by atoms with E-state index in [1.165, 1.54) is 5.56 Å². The number of aromatic amines is 2. The van der Waals surface area contributed by atoms with E-state index in [0.29, 0.717) is 16.9 Å². The van der Waals surface area contributed by atoms with Crippen LogP contribution in [0.25, 0.3) is 11.2 Å². The summed E-state index contributed by atoms with van der Waals surface area (Å²) < 4.78 is 5.65. The Morgan fingerprint density at radius 2 is 1.89 bits per heavy atom. The van der Waals surface area contributed by atoms with Gasteiger partial charge >= 0.3 is 5.69 Å². The molecule has 0 aliphatic rings. The number of pyridine rings is 1. The number of hydrogen-bond acceptors (Lipinski definition) is 3. The lowest BCUT2D eigenvalue weighted by atomic mass is 10.2. The number of fused-ring (bicyclic) bond motifs is 1. The van der Waals surface area contributed by atoms with Crippen LogP contribution < -0.4 is 10.4 Å². The summed E-state index contributed by atoms with van der Waals surface area (Å²) in [5, 5.41) is 0. The van der Waals surface area contributed by atoms with Gasteiger partial charge in [0.05, 0.1) is 11.7 Å². The summed E-state index contributed by atoms with van der Waals surface area (Å²) in [6.07, 6.45) is 1.58. The second kappa shape index (κ2) is 4.03. The average Bonchev–Trinajstić information content (AvgIpc) is 2.71. The van der Waals surface area contributed by atoms with Gasteiger partial charge in [-0.3, -0.25) is 4.98 Å². The molecule has 2 heterocycles. The lowest BCUT2D eigenvalue weighted by Gasteiger charge is -2.05. The molecule has 0 bridgehead atoms. The molecular weight excluding hydrogens is 230 g/mol. The highest BCUT2D eigenvalue weighted by Gasteiger charge is 2.03. The van der Waals surface area contributed by atoms with Gasteiger partial charge in [0.15, 0.2) is 5.65 Å². The van der Waals surface area contributed by atoms with Crippen molar-refractivity contribution in [3.05, 3.63) is 52.6 Å². The molecule has 0 spiro atoms. The Bertz CT molecular complexity index is 741. The summed E-state index contributed by atoms with van der Waals surface area (Å²) in [6, 6.07) is 9.46. The highest BCUT2D eigenvalue weighted by atomic mass is 16.5. The van der Waals surface area contributed by atoms with Crippen molar-refractivity contribution in [2.45, 2.75) is 6.92 Å². The molecule has 0 saturated heterocycles. The first-order chi connectivity index (χ1) is 8.70. The van der Waals surface area contributed by atoms with Crippen LogP contribution in [0.15, 0.2) is 41.3 Å². The van der Waals surface area contributed by atoms with E-state index >= 15 is 0 Å². The third kappa shape index (κ3) is 1.98. The zero-order chi connectivity index (χ0) is 12.5. The molecule has 0 aliphatic heterocycles. The molecule has 5 nitrogen and oxygen atoms in total. The first kappa shape index (κ1) is 10.6. The van der Waals surface area contributed by atoms with Crippen LogP contribution >= 0.6 is 0 Å². The Labute approximate surface area is 102 Å². The van der Waals surface area contributed by atoms with E-state index in [-0.39, 0.29) is 5.69 Å². The van der Waals surface area contributed by atoms with E-state index in [2.05, 4.69) is 15.0 Å². The van der Waals surface area contributed by atoms with Gasteiger partial charge in [0.2, 0.25) is 0 Å². The van der Waals surface area contributed by atoms with E-state index in [1.54, 1.807) is 12.3 Å². The molecule has 0 amide bonds. The topological polar surface area (TPSA) is 70.8 Å². The third-order valence-corrected chi connectivity index (χ3v) is 2.60. The van der Waals surface area contributed by atoms with Crippen molar-refractivity contribution in [2.75, 3.05) is 0 Å². The van der Waals surface area contributed by atoms with Gasteiger partial charge in [-0.15, -0.1) is 0 Å². The van der Waals surface area contributed by atoms with Gasteiger partial charge in [-0.1, -0.05) is 17.7 Å². The van der Waals surface area contributed by atoms with Crippen molar-refractivity contribution >= 4 is 11.2 Å². The molecule has 3 rings (SSSR count). The van der Waals surface area contributed by atoms with Crippen molar-refractivity contribution in [2.24, 2.45) is 0 Å². The molecule has 0 aliphatic carbocycles. The minimum Gasteiger partial charge on any atom is -0.456 e. The van der Waals surface area contributed by atoms with Crippen LogP contribution in [-0.4, -0.2) is 15.0 Å². The Balaban J connectivity index is 1.94. The van der Waals surface area contributed by atoms with Gasteiger partial charge in [0.25, 0.3) is 0 Å². The van der Waals surface area contributed by atoms with Crippen molar-refractivity contribution in [3.8, 4) is 11.5 Å². The van der Waals surface area contributed by atoms with Crippen LogP contribution in [0.5, 0.6) is 11.5 Å². The molecule has 0 atom stereocenters. The molecule has 0 fully saturated rings.